The van der Waals surface area contributed by atoms with Gasteiger partial charge in [-0.2, -0.15) is 10.4 Å². The van der Waals surface area contributed by atoms with E-state index < -0.39 is 44.0 Å². The van der Waals surface area contributed by atoms with Crippen LogP contribution in [0.5, 0.6) is 0 Å². The van der Waals surface area contributed by atoms with Gasteiger partial charge in [0.1, 0.15) is 24.0 Å². The molecule has 1 unspecified atom stereocenters. The lowest BCUT2D eigenvalue weighted by atomic mass is 9.92. The fraction of sp³-hybridized carbons (Fsp3) is 0.381. The van der Waals surface area contributed by atoms with Crippen molar-refractivity contribution in [2.45, 2.75) is 36.4 Å². The first kappa shape index (κ1) is 22.8. The molecule has 6 rings (SSSR count). The number of nitrogens with zero attached hydrogens (tertiary/aromatic N) is 5. The summed E-state index contributed by atoms with van der Waals surface area (Å²) in [7, 11) is -4.00. The Morgan fingerprint density at radius 2 is 2.11 bits per heavy atom. The number of ether oxygens (including phenoxy) is 3. The van der Waals surface area contributed by atoms with Gasteiger partial charge < -0.3 is 19.9 Å². The minimum absolute atomic E-state index is 0.138. The molecule has 14 nitrogen and oxygen atoms in total. The van der Waals surface area contributed by atoms with Crippen LogP contribution in [0.15, 0.2) is 43.0 Å². The molecule has 3 aliphatic heterocycles. The molecule has 0 radical (unpaired) electrons. The van der Waals surface area contributed by atoms with E-state index in [-0.39, 0.29) is 24.7 Å². The number of pyridine rings is 1. The smallest absolute Gasteiger partial charge is 0.424 e. The average Bonchev–Trinajstić information content (AvgIpc) is 3.57. The number of nitrogens with two attached hydrogens (primary N) is 1. The quantitative estimate of drug-likeness (QED) is 0.386. The highest BCUT2D eigenvalue weighted by atomic mass is 31.2. The van der Waals surface area contributed by atoms with Gasteiger partial charge in [0.15, 0.2) is 18.0 Å². The maximum atomic E-state index is 13.2. The number of rotatable bonds is 5. The van der Waals surface area contributed by atoms with Crippen molar-refractivity contribution in [3.63, 3.8) is 0 Å². The third kappa shape index (κ3) is 3.60. The van der Waals surface area contributed by atoms with Crippen LogP contribution in [-0.4, -0.2) is 57.3 Å². The monoisotopic (exact) mass is 514 g/mol. The highest BCUT2D eigenvalue weighted by Crippen LogP contribution is 2.57. The van der Waals surface area contributed by atoms with Gasteiger partial charge in [0.2, 0.25) is 5.60 Å². The van der Waals surface area contributed by atoms with Gasteiger partial charge in [0.25, 0.3) is 0 Å². The van der Waals surface area contributed by atoms with Crippen LogP contribution in [0.25, 0.3) is 5.52 Å². The molecule has 3 aromatic heterocycles. The summed E-state index contributed by atoms with van der Waals surface area (Å²) in [6, 6.07) is 8.78. The average molecular weight is 514 g/mol. The molecule has 3 aromatic rings. The number of carbonyl (C=O) groups is 1. The van der Waals surface area contributed by atoms with Crippen LogP contribution < -0.4 is 5.73 Å². The Labute approximate surface area is 203 Å². The van der Waals surface area contributed by atoms with E-state index in [1.54, 1.807) is 36.7 Å². The molecule has 0 spiro atoms. The predicted molar refractivity (Wildman–Crippen MR) is 117 cm³/mol. The van der Waals surface area contributed by atoms with E-state index in [2.05, 4.69) is 21.1 Å². The molecule has 3 saturated heterocycles. The Morgan fingerprint density at radius 3 is 2.92 bits per heavy atom. The van der Waals surface area contributed by atoms with E-state index in [4.69, 9.17) is 33.5 Å². The van der Waals surface area contributed by atoms with Gasteiger partial charge in [-0.25, -0.2) is 18.9 Å². The molecule has 0 aromatic carbocycles. The summed E-state index contributed by atoms with van der Waals surface area (Å²) in [6.45, 7) is -0.235. The molecule has 0 saturated carbocycles. The third-order valence-corrected chi connectivity index (χ3v) is 7.72. The lowest BCUT2D eigenvalue weighted by molar-refractivity contribution is -0.0848. The van der Waals surface area contributed by atoms with Gasteiger partial charge in [-0.05, 0) is 29.8 Å². The van der Waals surface area contributed by atoms with Gasteiger partial charge >= 0.3 is 14.0 Å². The van der Waals surface area contributed by atoms with Crippen molar-refractivity contribution in [2.75, 3.05) is 18.9 Å². The Kier molecular flexibility index (Phi) is 5.40. The van der Waals surface area contributed by atoms with E-state index in [0.29, 0.717) is 11.9 Å². The van der Waals surface area contributed by atoms with Crippen molar-refractivity contribution >= 4 is 25.3 Å². The molecule has 0 bridgehead atoms. The van der Waals surface area contributed by atoms with Gasteiger partial charge in [-0.15, -0.1) is 0 Å². The van der Waals surface area contributed by atoms with Crippen molar-refractivity contribution < 1.29 is 37.1 Å². The first-order chi connectivity index (χ1) is 17.4. The first-order valence-electron chi connectivity index (χ1n) is 10.9. The van der Waals surface area contributed by atoms with Crippen LogP contribution in [-0.2, 0) is 37.9 Å². The molecule has 3 aliphatic rings. The molecule has 2 N–H and O–H groups in total. The standard InChI is InChI=1S/C21H19N6O8P/c22-10-21(16-2-1-13-19(23)25-11-26-27(13)16)18-17(32-20(28)33-18)15(34-21)9-31-36(29)30-8-5-14(35-36)12-3-6-24-7-4-12/h1-4,6-7,11,14-15,17-18H,5,8-9H2,(H2,23,25,26)/t14-,15+,17-,18-,21-,36?/m0/s1. The van der Waals surface area contributed by atoms with Crippen LogP contribution in [0.2, 0.25) is 0 Å². The van der Waals surface area contributed by atoms with E-state index in [9.17, 15) is 14.6 Å². The van der Waals surface area contributed by atoms with Crippen LogP contribution >= 0.6 is 7.82 Å². The number of nitrogen functional groups attached to an aromatic ring is 1. The summed E-state index contributed by atoms with van der Waals surface area (Å²) in [4.78, 5) is 20.0. The van der Waals surface area contributed by atoms with E-state index >= 15 is 0 Å². The second-order valence-electron chi connectivity index (χ2n) is 8.28. The van der Waals surface area contributed by atoms with Gasteiger partial charge in [-0.3, -0.25) is 18.6 Å². The van der Waals surface area contributed by atoms with Crippen molar-refractivity contribution in [3.05, 3.63) is 54.2 Å². The van der Waals surface area contributed by atoms with E-state index in [1.807, 2.05) is 0 Å². The normalized spacial score (nSPS) is 33.6. The van der Waals surface area contributed by atoms with E-state index in [1.165, 1.54) is 10.8 Å². The molecule has 3 fully saturated rings. The fourth-order valence-corrected chi connectivity index (χ4v) is 5.99. The first-order valence-corrected chi connectivity index (χ1v) is 12.4. The number of phosphoric acid groups is 1. The van der Waals surface area contributed by atoms with Crippen molar-refractivity contribution in [1.29, 1.82) is 5.26 Å². The van der Waals surface area contributed by atoms with Crippen LogP contribution in [0.3, 0.4) is 0 Å². The number of hydrogen-bond donors (Lipinski definition) is 1. The molecule has 6 atom stereocenters. The number of carbonyl (C=O) groups excluding carboxylic acids is 1. The molecule has 36 heavy (non-hydrogen) atoms. The Bertz CT molecular complexity index is 1410. The zero-order chi connectivity index (χ0) is 24.9. The molecule has 0 amide bonds. The number of fused-ring (bicyclic) bond motifs is 2. The van der Waals surface area contributed by atoms with Crippen LogP contribution in [0.4, 0.5) is 10.6 Å². The number of nitriles is 1. The minimum Gasteiger partial charge on any atom is -0.424 e. The lowest BCUT2D eigenvalue weighted by Crippen LogP contribution is -2.39. The highest BCUT2D eigenvalue weighted by Gasteiger charge is 2.65. The molecule has 0 aliphatic carbocycles. The summed E-state index contributed by atoms with van der Waals surface area (Å²) in [6.07, 6.45) is 0.186. The van der Waals surface area contributed by atoms with E-state index in [0.717, 1.165) is 5.56 Å². The molecular weight excluding hydrogens is 495 g/mol. The zero-order valence-electron chi connectivity index (χ0n) is 18.5. The number of hydrogen-bond acceptors (Lipinski definition) is 13. The maximum absolute atomic E-state index is 13.2. The lowest BCUT2D eigenvalue weighted by Gasteiger charge is -2.30. The van der Waals surface area contributed by atoms with Crippen molar-refractivity contribution in [3.8, 4) is 6.07 Å². The summed E-state index contributed by atoms with van der Waals surface area (Å²) in [5, 5.41) is 14.4. The largest absolute Gasteiger partial charge is 0.509 e. The Balaban J connectivity index is 1.26. The predicted octanol–water partition coefficient (Wildman–Crippen LogP) is 2.03. The maximum Gasteiger partial charge on any atom is 0.509 e. The summed E-state index contributed by atoms with van der Waals surface area (Å²) in [5.41, 5.74) is 5.56. The molecule has 6 heterocycles. The Hall–Kier alpha value is -3.60. The van der Waals surface area contributed by atoms with Gasteiger partial charge in [-0.1, -0.05) is 0 Å². The van der Waals surface area contributed by atoms with Crippen molar-refractivity contribution in [1.82, 2.24) is 19.6 Å². The summed E-state index contributed by atoms with van der Waals surface area (Å²) >= 11 is 0. The second kappa shape index (κ2) is 8.51. The number of aromatic nitrogens is 4. The summed E-state index contributed by atoms with van der Waals surface area (Å²) in [5.74, 6) is 0.187. The van der Waals surface area contributed by atoms with Crippen LogP contribution in [0, 0.1) is 11.3 Å². The van der Waals surface area contributed by atoms with Gasteiger partial charge in [0.05, 0.1) is 25.0 Å². The number of anilines is 1. The molecule has 15 heteroatoms. The van der Waals surface area contributed by atoms with Gasteiger partial charge in [0, 0.05) is 18.8 Å². The highest BCUT2D eigenvalue weighted by molar-refractivity contribution is 7.48. The topological polar surface area (TPSA) is 182 Å². The minimum atomic E-state index is -4.00. The Morgan fingerprint density at radius 1 is 1.28 bits per heavy atom. The third-order valence-electron chi connectivity index (χ3n) is 6.25. The zero-order valence-corrected chi connectivity index (χ0v) is 19.4. The van der Waals surface area contributed by atoms with Crippen LogP contribution in [0.1, 0.15) is 23.8 Å². The molecule has 186 valence electrons. The fourth-order valence-electron chi connectivity index (χ4n) is 4.59. The molecular formula is C21H19N6O8P. The van der Waals surface area contributed by atoms with Crippen molar-refractivity contribution in [2.24, 2.45) is 0 Å². The SMILES string of the molecule is N#C[C@@]1(c2ccc3c(N)ncnn23)O[C@H](COP2(=O)OCC[C@@H](c3ccncc3)O2)[C@@H]2OC(=O)O[C@@H]21. The summed E-state index contributed by atoms with van der Waals surface area (Å²) < 4.78 is 47.9. The number of phosphoric ester groups is 1. The second-order valence-corrected chi connectivity index (χ2v) is 9.90.